The molecule has 1 atom stereocenters. The van der Waals surface area contributed by atoms with E-state index in [0.717, 1.165) is 6.07 Å². The molecular weight excluding hydrogens is 320 g/mol. The molecule has 1 saturated heterocycles. The number of nitrogens with one attached hydrogen (secondary N) is 2. The van der Waals surface area contributed by atoms with Gasteiger partial charge in [0.05, 0.1) is 12.5 Å². The van der Waals surface area contributed by atoms with Gasteiger partial charge in [-0.15, -0.1) is 0 Å². The minimum Gasteiger partial charge on any atom is -0.396 e. The van der Waals surface area contributed by atoms with Gasteiger partial charge >= 0.3 is 0 Å². The highest BCUT2D eigenvalue weighted by molar-refractivity contribution is 5.88. The van der Waals surface area contributed by atoms with E-state index in [4.69, 9.17) is 5.11 Å². The number of nitrogens with zero attached hydrogens (tertiary/aromatic N) is 1. The number of halogens is 2. The van der Waals surface area contributed by atoms with E-state index in [-0.39, 0.29) is 37.0 Å². The molecule has 24 heavy (non-hydrogen) atoms. The van der Waals surface area contributed by atoms with E-state index in [0.29, 0.717) is 26.1 Å². The number of amides is 2. The Kier molecular flexibility index (Phi) is 6.62. The Morgan fingerprint density at radius 1 is 1.42 bits per heavy atom. The lowest BCUT2D eigenvalue weighted by atomic mass is 10.1. The van der Waals surface area contributed by atoms with Gasteiger partial charge < -0.3 is 15.7 Å². The Morgan fingerprint density at radius 3 is 2.96 bits per heavy atom. The largest absolute Gasteiger partial charge is 0.396 e. The zero-order valence-electron chi connectivity index (χ0n) is 13.2. The molecule has 0 saturated carbocycles. The normalized spacial score (nSPS) is 18.3. The summed E-state index contributed by atoms with van der Waals surface area (Å²) in [5.74, 6) is -2.51. The standard InChI is InChI=1S/C16H21F2N3O3/c17-12-4-1-3-11(15(12)18)10-21-7-6-20-16(24)13(21)9-14(23)19-5-2-8-22/h1,3-4,13,22H,2,5-10H2,(H,19,23)(H,20,24). The van der Waals surface area contributed by atoms with Gasteiger partial charge in [0.2, 0.25) is 11.8 Å². The third kappa shape index (κ3) is 4.72. The quantitative estimate of drug-likeness (QED) is 0.617. The van der Waals surface area contributed by atoms with Gasteiger partial charge in [0, 0.05) is 38.3 Å². The molecule has 8 heteroatoms. The fraction of sp³-hybridized carbons (Fsp3) is 0.500. The van der Waals surface area contributed by atoms with Crippen molar-refractivity contribution in [3.05, 3.63) is 35.4 Å². The van der Waals surface area contributed by atoms with Gasteiger partial charge in [0.25, 0.3) is 0 Å². The molecule has 3 N–H and O–H groups in total. The van der Waals surface area contributed by atoms with E-state index in [1.54, 1.807) is 4.90 Å². The second-order valence-corrected chi connectivity index (χ2v) is 5.62. The van der Waals surface area contributed by atoms with Crippen molar-refractivity contribution < 1.29 is 23.5 Å². The molecular formula is C16H21F2N3O3. The first-order chi connectivity index (χ1) is 11.5. The summed E-state index contributed by atoms with van der Waals surface area (Å²) in [6, 6.07) is 3.17. The highest BCUT2D eigenvalue weighted by Gasteiger charge is 2.32. The zero-order valence-corrected chi connectivity index (χ0v) is 13.2. The van der Waals surface area contributed by atoms with Crippen molar-refractivity contribution in [2.45, 2.75) is 25.4 Å². The molecule has 0 bridgehead atoms. The van der Waals surface area contributed by atoms with Crippen LogP contribution >= 0.6 is 0 Å². The van der Waals surface area contributed by atoms with E-state index in [2.05, 4.69) is 10.6 Å². The minimum absolute atomic E-state index is 0.0326. The molecule has 0 spiro atoms. The number of piperazine rings is 1. The molecule has 1 unspecified atom stereocenters. The fourth-order valence-electron chi connectivity index (χ4n) is 2.62. The molecule has 2 rings (SSSR count). The lowest BCUT2D eigenvalue weighted by Crippen LogP contribution is -2.56. The first-order valence-electron chi connectivity index (χ1n) is 7.85. The van der Waals surface area contributed by atoms with Gasteiger partial charge in [0.15, 0.2) is 11.6 Å². The first-order valence-corrected chi connectivity index (χ1v) is 7.85. The summed E-state index contributed by atoms with van der Waals surface area (Å²) in [5.41, 5.74) is 0.149. The molecule has 2 amide bonds. The third-order valence-electron chi connectivity index (χ3n) is 3.88. The van der Waals surface area contributed by atoms with Crippen molar-refractivity contribution in [1.29, 1.82) is 0 Å². The van der Waals surface area contributed by atoms with Gasteiger partial charge in [-0.1, -0.05) is 12.1 Å². The molecule has 1 aliphatic rings. The molecule has 1 aromatic carbocycles. The lowest BCUT2D eigenvalue weighted by Gasteiger charge is -2.34. The second kappa shape index (κ2) is 8.70. The van der Waals surface area contributed by atoms with E-state index < -0.39 is 17.7 Å². The maximum Gasteiger partial charge on any atom is 0.237 e. The second-order valence-electron chi connectivity index (χ2n) is 5.62. The molecule has 1 aromatic rings. The summed E-state index contributed by atoms with van der Waals surface area (Å²) < 4.78 is 27.2. The molecule has 1 fully saturated rings. The Hall–Kier alpha value is -2.06. The predicted octanol–water partition coefficient (Wildman–Crippen LogP) is 0.154. The van der Waals surface area contributed by atoms with Gasteiger partial charge in [0.1, 0.15) is 0 Å². The van der Waals surface area contributed by atoms with Crippen LogP contribution in [0.3, 0.4) is 0 Å². The molecule has 1 heterocycles. The van der Waals surface area contributed by atoms with Crippen LogP contribution in [0.5, 0.6) is 0 Å². The van der Waals surface area contributed by atoms with Crippen LogP contribution in [0.4, 0.5) is 8.78 Å². The van der Waals surface area contributed by atoms with Crippen LogP contribution in [0.2, 0.25) is 0 Å². The zero-order chi connectivity index (χ0) is 17.5. The molecule has 1 aliphatic heterocycles. The van der Waals surface area contributed by atoms with Crippen LogP contribution in [0.1, 0.15) is 18.4 Å². The van der Waals surface area contributed by atoms with Crippen LogP contribution in [-0.2, 0) is 16.1 Å². The number of hydrogen-bond donors (Lipinski definition) is 3. The Balaban J connectivity index is 2.04. The van der Waals surface area contributed by atoms with Gasteiger partial charge in [-0.05, 0) is 12.5 Å². The molecule has 6 nitrogen and oxygen atoms in total. The first kappa shape index (κ1) is 18.3. The smallest absolute Gasteiger partial charge is 0.237 e. The van der Waals surface area contributed by atoms with Crippen molar-refractivity contribution >= 4 is 11.8 Å². The average molecular weight is 341 g/mol. The summed E-state index contributed by atoms with van der Waals surface area (Å²) in [6.45, 7) is 1.16. The SMILES string of the molecule is O=C(CC1C(=O)NCCN1Cc1cccc(F)c1F)NCCCO. The topological polar surface area (TPSA) is 81.7 Å². The van der Waals surface area contributed by atoms with E-state index in [1.165, 1.54) is 12.1 Å². The number of rotatable bonds is 7. The summed E-state index contributed by atoms with van der Waals surface area (Å²) in [7, 11) is 0. The van der Waals surface area contributed by atoms with Gasteiger partial charge in [-0.2, -0.15) is 0 Å². The molecule has 0 aliphatic carbocycles. The van der Waals surface area contributed by atoms with Crippen molar-refractivity contribution in [3.63, 3.8) is 0 Å². The van der Waals surface area contributed by atoms with Crippen LogP contribution in [0.15, 0.2) is 18.2 Å². The van der Waals surface area contributed by atoms with Crippen molar-refractivity contribution in [2.75, 3.05) is 26.2 Å². The Morgan fingerprint density at radius 2 is 2.21 bits per heavy atom. The fourth-order valence-corrected chi connectivity index (χ4v) is 2.62. The summed E-state index contributed by atoms with van der Waals surface area (Å²) >= 11 is 0. The van der Waals surface area contributed by atoms with E-state index in [1.807, 2.05) is 0 Å². The maximum atomic E-state index is 13.8. The van der Waals surface area contributed by atoms with Gasteiger partial charge in [-0.25, -0.2) is 8.78 Å². The number of benzene rings is 1. The highest BCUT2D eigenvalue weighted by atomic mass is 19.2. The Labute approximate surface area is 138 Å². The molecule has 0 aromatic heterocycles. The minimum atomic E-state index is -0.938. The summed E-state index contributed by atoms with van der Waals surface area (Å²) in [5, 5.41) is 14.0. The summed E-state index contributed by atoms with van der Waals surface area (Å²) in [6.07, 6.45) is 0.356. The maximum absolute atomic E-state index is 13.8. The van der Waals surface area contributed by atoms with Crippen molar-refractivity contribution in [2.24, 2.45) is 0 Å². The van der Waals surface area contributed by atoms with E-state index in [9.17, 15) is 18.4 Å². The van der Waals surface area contributed by atoms with Crippen LogP contribution in [-0.4, -0.2) is 54.1 Å². The molecule has 0 radical (unpaired) electrons. The average Bonchev–Trinajstić information content (AvgIpc) is 2.55. The predicted molar refractivity (Wildman–Crippen MR) is 82.9 cm³/mol. The Bertz CT molecular complexity index is 598. The van der Waals surface area contributed by atoms with E-state index >= 15 is 0 Å². The van der Waals surface area contributed by atoms with Crippen LogP contribution in [0, 0.1) is 11.6 Å². The lowest BCUT2D eigenvalue weighted by molar-refractivity contribution is -0.134. The monoisotopic (exact) mass is 341 g/mol. The third-order valence-corrected chi connectivity index (χ3v) is 3.88. The summed E-state index contributed by atoms with van der Waals surface area (Å²) in [4.78, 5) is 25.7. The van der Waals surface area contributed by atoms with Gasteiger partial charge in [-0.3, -0.25) is 14.5 Å². The molecule has 132 valence electrons. The number of carbonyl (C=O) groups excluding carboxylic acids is 2. The number of aliphatic hydroxyl groups is 1. The van der Waals surface area contributed by atoms with Crippen molar-refractivity contribution in [1.82, 2.24) is 15.5 Å². The van der Waals surface area contributed by atoms with Crippen molar-refractivity contribution in [3.8, 4) is 0 Å². The van der Waals surface area contributed by atoms with Crippen LogP contribution < -0.4 is 10.6 Å². The number of aliphatic hydroxyl groups excluding tert-OH is 1. The number of hydrogen-bond acceptors (Lipinski definition) is 4. The highest BCUT2D eigenvalue weighted by Crippen LogP contribution is 2.18. The van der Waals surface area contributed by atoms with Crippen LogP contribution in [0.25, 0.3) is 0 Å². The number of carbonyl (C=O) groups is 2.